The van der Waals surface area contributed by atoms with Crippen molar-refractivity contribution in [2.75, 3.05) is 13.2 Å². The lowest BCUT2D eigenvalue weighted by molar-refractivity contribution is -0.118. The van der Waals surface area contributed by atoms with Crippen molar-refractivity contribution in [2.24, 2.45) is 0 Å². The van der Waals surface area contributed by atoms with Crippen LogP contribution in [-0.2, 0) is 22.4 Å². The normalized spacial score (nSPS) is 10.6. The average molecular weight is 226 g/mol. The van der Waals surface area contributed by atoms with Crippen molar-refractivity contribution in [2.45, 2.75) is 39.5 Å². The molecule has 0 aliphatic heterocycles. The van der Waals surface area contributed by atoms with Gasteiger partial charge in [0.2, 0.25) is 5.89 Å². The van der Waals surface area contributed by atoms with Crippen LogP contribution in [0.2, 0.25) is 0 Å². The third-order valence-corrected chi connectivity index (χ3v) is 2.06. The molecule has 0 saturated carbocycles. The maximum absolute atomic E-state index is 11.3. The predicted molar refractivity (Wildman–Crippen MR) is 58.1 cm³/mol. The van der Waals surface area contributed by atoms with E-state index in [-0.39, 0.29) is 12.2 Å². The second-order valence-corrected chi connectivity index (χ2v) is 3.52. The van der Waals surface area contributed by atoms with Gasteiger partial charge in [0.25, 0.3) is 0 Å². The Morgan fingerprint density at radius 3 is 2.94 bits per heavy atom. The molecule has 0 aliphatic rings. The summed E-state index contributed by atoms with van der Waals surface area (Å²) in [5.74, 6) is 1.15. The van der Waals surface area contributed by atoms with Gasteiger partial charge in [0.15, 0.2) is 5.82 Å². The second kappa shape index (κ2) is 7.11. The van der Waals surface area contributed by atoms with Gasteiger partial charge in [-0.1, -0.05) is 12.1 Å². The van der Waals surface area contributed by atoms with Crippen LogP contribution >= 0.6 is 0 Å². The first-order valence-electron chi connectivity index (χ1n) is 5.67. The van der Waals surface area contributed by atoms with Crippen molar-refractivity contribution < 1.29 is 14.1 Å². The lowest BCUT2D eigenvalue weighted by Gasteiger charge is -1.95. The first-order valence-corrected chi connectivity index (χ1v) is 5.67. The molecule has 16 heavy (non-hydrogen) atoms. The molecule has 0 aliphatic carbocycles. The lowest BCUT2D eigenvalue weighted by Crippen LogP contribution is -2.03. The third kappa shape index (κ3) is 4.53. The molecule has 1 rings (SSSR count). The van der Waals surface area contributed by atoms with Crippen molar-refractivity contribution in [1.82, 2.24) is 10.1 Å². The molecule has 0 spiro atoms. The maximum Gasteiger partial charge on any atom is 0.234 e. The largest absolute Gasteiger partial charge is 0.381 e. The molecule has 0 bridgehead atoms. The molecule has 0 fully saturated rings. The first-order chi connectivity index (χ1) is 7.76. The molecule has 0 N–H and O–H groups in total. The summed E-state index contributed by atoms with van der Waals surface area (Å²) in [6.07, 6.45) is 2.29. The Hall–Kier alpha value is -1.23. The Balaban J connectivity index is 2.36. The first kappa shape index (κ1) is 12.8. The molecule has 5 nitrogen and oxygen atoms in total. The summed E-state index contributed by atoms with van der Waals surface area (Å²) < 4.78 is 10.2. The fourth-order valence-corrected chi connectivity index (χ4v) is 1.31. The predicted octanol–water partition coefficient (Wildman–Crippen LogP) is 1.56. The summed E-state index contributed by atoms with van der Waals surface area (Å²) in [7, 11) is 0. The van der Waals surface area contributed by atoms with E-state index in [9.17, 15) is 4.79 Å². The molecule has 0 unspecified atom stereocenters. The molecule has 0 saturated heterocycles. The number of ether oxygens (including phenoxy) is 1. The molecule has 0 amide bonds. The highest BCUT2D eigenvalue weighted by molar-refractivity contribution is 5.79. The zero-order chi connectivity index (χ0) is 11.8. The minimum absolute atomic E-state index is 0.141. The Bertz CT molecular complexity index is 323. The summed E-state index contributed by atoms with van der Waals surface area (Å²) in [6.45, 7) is 5.17. The summed E-state index contributed by atoms with van der Waals surface area (Å²) in [4.78, 5) is 15.5. The van der Waals surface area contributed by atoms with Crippen LogP contribution in [-0.4, -0.2) is 29.1 Å². The minimum atomic E-state index is 0.141. The van der Waals surface area contributed by atoms with Crippen LogP contribution in [0.3, 0.4) is 0 Å². The number of nitrogens with zero attached hydrogens (tertiary/aromatic N) is 2. The van der Waals surface area contributed by atoms with Crippen molar-refractivity contribution >= 4 is 5.78 Å². The number of rotatable bonds is 8. The van der Waals surface area contributed by atoms with Gasteiger partial charge in [-0.25, -0.2) is 0 Å². The standard InChI is InChI=1S/C11H18N2O3/c1-3-5-9(14)8-11-12-10(13-16-11)6-7-15-4-2/h3-8H2,1-2H3. The van der Waals surface area contributed by atoms with Gasteiger partial charge in [0.05, 0.1) is 13.0 Å². The quantitative estimate of drug-likeness (QED) is 0.629. The monoisotopic (exact) mass is 226 g/mol. The zero-order valence-electron chi connectivity index (χ0n) is 9.86. The van der Waals surface area contributed by atoms with Crippen molar-refractivity contribution in [3.8, 4) is 0 Å². The molecular formula is C11H18N2O3. The van der Waals surface area contributed by atoms with Crippen LogP contribution in [0.5, 0.6) is 0 Å². The maximum atomic E-state index is 11.3. The zero-order valence-corrected chi connectivity index (χ0v) is 9.86. The van der Waals surface area contributed by atoms with Crippen LogP contribution in [0.25, 0.3) is 0 Å². The number of hydrogen-bond donors (Lipinski definition) is 0. The number of carbonyl (C=O) groups is 1. The molecule has 5 heteroatoms. The van der Waals surface area contributed by atoms with Gasteiger partial charge >= 0.3 is 0 Å². The van der Waals surface area contributed by atoms with Crippen molar-refractivity contribution in [1.29, 1.82) is 0 Å². The van der Waals surface area contributed by atoms with E-state index in [1.807, 2.05) is 13.8 Å². The molecule has 0 aromatic carbocycles. The van der Waals surface area contributed by atoms with Crippen LogP contribution < -0.4 is 0 Å². The minimum Gasteiger partial charge on any atom is -0.381 e. The molecule has 90 valence electrons. The van der Waals surface area contributed by atoms with Crippen molar-refractivity contribution in [3.63, 3.8) is 0 Å². The lowest BCUT2D eigenvalue weighted by atomic mass is 10.2. The highest BCUT2D eigenvalue weighted by Gasteiger charge is 2.10. The van der Waals surface area contributed by atoms with Gasteiger partial charge in [-0.3, -0.25) is 4.79 Å². The SMILES string of the molecule is CCCC(=O)Cc1nc(CCOCC)no1. The topological polar surface area (TPSA) is 65.2 Å². The number of carbonyl (C=O) groups excluding carboxylic acids is 1. The van der Waals surface area contributed by atoms with E-state index in [2.05, 4.69) is 10.1 Å². The van der Waals surface area contributed by atoms with E-state index >= 15 is 0 Å². The van der Waals surface area contributed by atoms with E-state index in [1.54, 1.807) is 0 Å². The summed E-state index contributed by atoms with van der Waals surface area (Å²) in [5, 5.41) is 3.78. The fraction of sp³-hybridized carbons (Fsp3) is 0.727. The summed E-state index contributed by atoms with van der Waals surface area (Å²) in [6, 6.07) is 0. The van der Waals surface area contributed by atoms with Crippen LogP contribution in [0.15, 0.2) is 4.52 Å². The van der Waals surface area contributed by atoms with Gasteiger partial charge in [-0.2, -0.15) is 4.98 Å². The molecular weight excluding hydrogens is 208 g/mol. The fourth-order valence-electron chi connectivity index (χ4n) is 1.31. The van der Waals surface area contributed by atoms with E-state index < -0.39 is 0 Å². The number of Topliss-reactive ketones (excluding diaryl/α,β-unsaturated/α-hetero) is 1. The number of ketones is 1. The molecule has 0 atom stereocenters. The van der Waals surface area contributed by atoms with Gasteiger partial charge in [0.1, 0.15) is 5.78 Å². The molecule has 1 heterocycles. The highest BCUT2D eigenvalue weighted by Crippen LogP contribution is 2.02. The second-order valence-electron chi connectivity index (χ2n) is 3.52. The summed E-state index contributed by atoms with van der Waals surface area (Å²) >= 11 is 0. The molecule has 0 radical (unpaired) electrons. The molecule has 1 aromatic heterocycles. The summed E-state index contributed by atoms with van der Waals surface area (Å²) in [5.41, 5.74) is 0. The van der Waals surface area contributed by atoms with Gasteiger partial charge in [-0.05, 0) is 13.3 Å². The number of hydrogen-bond acceptors (Lipinski definition) is 5. The molecule has 1 aromatic rings. The average Bonchev–Trinajstić information content (AvgIpc) is 2.66. The third-order valence-electron chi connectivity index (χ3n) is 2.06. The van der Waals surface area contributed by atoms with E-state index in [0.717, 1.165) is 6.42 Å². The van der Waals surface area contributed by atoms with Gasteiger partial charge < -0.3 is 9.26 Å². The Morgan fingerprint density at radius 2 is 2.25 bits per heavy atom. The van der Waals surface area contributed by atoms with Crippen LogP contribution in [0, 0.1) is 0 Å². The highest BCUT2D eigenvalue weighted by atomic mass is 16.5. The van der Waals surface area contributed by atoms with Gasteiger partial charge in [-0.15, -0.1) is 0 Å². The van der Waals surface area contributed by atoms with Crippen LogP contribution in [0.1, 0.15) is 38.4 Å². The Morgan fingerprint density at radius 1 is 1.44 bits per heavy atom. The van der Waals surface area contributed by atoms with E-state index in [0.29, 0.717) is 37.8 Å². The smallest absolute Gasteiger partial charge is 0.234 e. The van der Waals surface area contributed by atoms with E-state index in [4.69, 9.17) is 9.26 Å². The Labute approximate surface area is 95.2 Å². The van der Waals surface area contributed by atoms with Gasteiger partial charge in [0, 0.05) is 19.4 Å². The van der Waals surface area contributed by atoms with E-state index in [1.165, 1.54) is 0 Å². The Kier molecular flexibility index (Phi) is 5.71. The van der Waals surface area contributed by atoms with Crippen molar-refractivity contribution in [3.05, 3.63) is 11.7 Å². The van der Waals surface area contributed by atoms with Crippen LogP contribution in [0.4, 0.5) is 0 Å². The number of aromatic nitrogens is 2.